The Balaban J connectivity index is 1.32. The van der Waals surface area contributed by atoms with E-state index in [9.17, 15) is 14.4 Å². The highest BCUT2D eigenvalue weighted by molar-refractivity contribution is 5.98. The average Bonchev–Trinajstić information content (AvgIpc) is 2.75. The summed E-state index contributed by atoms with van der Waals surface area (Å²) in [6.07, 6.45) is 3.32. The smallest absolute Gasteiger partial charge is 0.229 e. The molecular formula is C24H26N2O3. The van der Waals surface area contributed by atoms with E-state index in [1.165, 1.54) is 4.90 Å². The van der Waals surface area contributed by atoms with Crippen LogP contribution in [0.4, 0.5) is 0 Å². The van der Waals surface area contributed by atoms with Crippen molar-refractivity contribution in [3.05, 3.63) is 60.2 Å². The van der Waals surface area contributed by atoms with E-state index < -0.39 is 0 Å². The van der Waals surface area contributed by atoms with Gasteiger partial charge in [-0.25, -0.2) is 0 Å². The minimum atomic E-state index is -0.0514. The lowest BCUT2D eigenvalue weighted by molar-refractivity contribution is -0.152. The Morgan fingerprint density at radius 3 is 2.03 bits per heavy atom. The SMILES string of the molecule is O=C(Cc1ccc(-c2ccccc2)cc1)N1CCC(N2C(=O)CCCC2=O)CC1. The lowest BCUT2D eigenvalue weighted by Crippen LogP contribution is -2.52. The molecule has 0 aromatic heterocycles. The van der Waals surface area contributed by atoms with Crippen molar-refractivity contribution >= 4 is 17.7 Å². The number of rotatable bonds is 4. The third-order valence-corrected chi connectivity index (χ3v) is 5.92. The van der Waals surface area contributed by atoms with Crippen molar-refractivity contribution in [1.82, 2.24) is 9.80 Å². The molecular weight excluding hydrogens is 364 g/mol. The van der Waals surface area contributed by atoms with Crippen molar-refractivity contribution in [2.24, 2.45) is 0 Å². The molecule has 3 amide bonds. The Kier molecular flexibility index (Phi) is 5.74. The Hall–Kier alpha value is -2.95. The lowest BCUT2D eigenvalue weighted by atomic mass is 9.98. The first-order valence-electron chi connectivity index (χ1n) is 10.4. The van der Waals surface area contributed by atoms with Crippen LogP contribution in [0, 0.1) is 0 Å². The topological polar surface area (TPSA) is 57.7 Å². The summed E-state index contributed by atoms with van der Waals surface area (Å²) < 4.78 is 0. The zero-order chi connectivity index (χ0) is 20.2. The van der Waals surface area contributed by atoms with Gasteiger partial charge in [-0.05, 0) is 36.0 Å². The highest BCUT2D eigenvalue weighted by Gasteiger charge is 2.35. The maximum atomic E-state index is 12.7. The molecule has 2 aromatic carbocycles. The van der Waals surface area contributed by atoms with E-state index in [0.29, 0.717) is 51.6 Å². The maximum Gasteiger partial charge on any atom is 0.229 e. The number of piperidine rings is 2. The molecule has 0 bridgehead atoms. The second-order valence-electron chi connectivity index (χ2n) is 7.86. The monoisotopic (exact) mass is 390 g/mol. The molecule has 2 aliphatic heterocycles. The maximum absolute atomic E-state index is 12.7. The second kappa shape index (κ2) is 8.60. The molecule has 0 atom stereocenters. The Morgan fingerprint density at radius 1 is 0.828 bits per heavy atom. The van der Waals surface area contributed by atoms with Gasteiger partial charge in [-0.2, -0.15) is 0 Å². The van der Waals surface area contributed by atoms with E-state index in [1.54, 1.807) is 0 Å². The van der Waals surface area contributed by atoms with E-state index >= 15 is 0 Å². The molecule has 29 heavy (non-hydrogen) atoms. The molecule has 2 saturated heterocycles. The molecule has 150 valence electrons. The summed E-state index contributed by atoms with van der Waals surface area (Å²) in [7, 11) is 0. The van der Waals surface area contributed by atoms with Gasteiger partial charge in [0, 0.05) is 32.0 Å². The summed E-state index contributed by atoms with van der Waals surface area (Å²) in [5, 5.41) is 0. The molecule has 0 spiro atoms. The summed E-state index contributed by atoms with van der Waals surface area (Å²) in [6.45, 7) is 1.20. The van der Waals surface area contributed by atoms with E-state index in [-0.39, 0.29) is 23.8 Å². The number of hydrogen-bond donors (Lipinski definition) is 0. The Bertz CT molecular complexity index is 868. The van der Waals surface area contributed by atoms with Crippen LogP contribution in [-0.2, 0) is 20.8 Å². The number of carbonyl (C=O) groups is 3. The molecule has 0 unspecified atom stereocenters. The molecule has 2 heterocycles. The number of likely N-dealkylation sites (tertiary alicyclic amines) is 2. The lowest BCUT2D eigenvalue weighted by Gasteiger charge is -2.39. The van der Waals surface area contributed by atoms with Gasteiger partial charge in [0.15, 0.2) is 0 Å². The fraction of sp³-hybridized carbons (Fsp3) is 0.375. The van der Waals surface area contributed by atoms with Crippen molar-refractivity contribution in [3.8, 4) is 11.1 Å². The summed E-state index contributed by atoms with van der Waals surface area (Å²) in [6, 6.07) is 18.2. The normalized spacial score (nSPS) is 18.2. The standard InChI is InChI=1S/C24H26N2O3/c27-22-7-4-8-23(28)26(22)21-13-15-25(16-14-21)24(29)17-18-9-11-20(12-10-18)19-5-2-1-3-6-19/h1-3,5-6,9-12,21H,4,7-8,13-17H2. The van der Waals surface area contributed by atoms with Crippen LogP contribution >= 0.6 is 0 Å². The molecule has 5 nitrogen and oxygen atoms in total. The van der Waals surface area contributed by atoms with Crippen molar-refractivity contribution in [1.29, 1.82) is 0 Å². The van der Waals surface area contributed by atoms with Gasteiger partial charge in [-0.15, -0.1) is 0 Å². The van der Waals surface area contributed by atoms with Gasteiger partial charge in [0.1, 0.15) is 0 Å². The predicted molar refractivity (Wildman–Crippen MR) is 111 cm³/mol. The largest absolute Gasteiger partial charge is 0.342 e. The first kappa shape index (κ1) is 19.4. The van der Waals surface area contributed by atoms with E-state index in [4.69, 9.17) is 0 Å². The van der Waals surface area contributed by atoms with Crippen molar-refractivity contribution < 1.29 is 14.4 Å². The van der Waals surface area contributed by atoms with Crippen LogP contribution in [0.1, 0.15) is 37.7 Å². The van der Waals surface area contributed by atoms with Crippen LogP contribution in [0.2, 0.25) is 0 Å². The fourth-order valence-corrected chi connectivity index (χ4v) is 4.28. The molecule has 4 rings (SSSR count). The second-order valence-corrected chi connectivity index (χ2v) is 7.86. The molecule has 5 heteroatoms. The molecule has 0 aliphatic carbocycles. The molecule has 0 N–H and O–H groups in total. The van der Waals surface area contributed by atoms with E-state index in [2.05, 4.69) is 24.3 Å². The number of amides is 3. The number of imide groups is 1. The number of nitrogens with zero attached hydrogens (tertiary/aromatic N) is 2. The summed E-state index contributed by atoms with van der Waals surface area (Å²) >= 11 is 0. The molecule has 2 aliphatic rings. The first-order chi connectivity index (χ1) is 14.1. The van der Waals surface area contributed by atoms with Crippen molar-refractivity contribution in [2.75, 3.05) is 13.1 Å². The van der Waals surface area contributed by atoms with Gasteiger partial charge in [0.2, 0.25) is 17.7 Å². The average molecular weight is 390 g/mol. The van der Waals surface area contributed by atoms with Gasteiger partial charge in [-0.3, -0.25) is 19.3 Å². The van der Waals surface area contributed by atoms with Crippen LogP contribution < -0.4 is 0 Å². The van der Waals surface area contributed by atoms with Crippen LogP contribution in [0.25, 0.3) is 11.1 Å². The van der Waals surface area contributed by atoms with Crippen molar-refractivity contribution in [2.45, 2.75) is 44.6 Å². The zero-order valence-electron chi connectivity index (χ0n) is 16.5. The molecule has 2 aromatic rings. The third kappa shape index (κ3) is 4.39. The molecule has 0 radical (unpaired) electrons. The number of hydrogen-bond acceptors (Lipinski definition) is 3. The summed E-state index contributed by atoms with van der Waals surface area (Å²) in [5.41, 5.74) is 3.30. The predicted octanol–water partition coefficient (Wildman–Crippen LogP) is 3.43. The minimum Gasteiger partial charge on any atom is -0.342 e. The van der Waals surface area contributed by atoms with Gasteiger partial charge in [-0.1, -0.05) is 54.6 Å². The first-order valence-corrected chi connectivity index (χ1v) is 10.4. The third-order valence-electron chi connectivity index (χ3n) is 5.92. The summed E-state index contributed by atoms with van der Waals surface area (Å²) in [4.78, 5) is 40.3. The Morgan fingerprint density at radius 2 is 1.41 bits per heavy atom. The quantitative estimate of drug-likeness (QED) is 0.752. The van der Waals surface area contributed by atoms with Crippen LogP contribution in [-0.4, -0.2) is 46.7 Å². The molecule has 2 fully saturated rings. The summed E-state index contributed by atoms with van der Waals surface area (Å²) in [5.74, 6) is 0.00118. The van der Waals surface area contributed by atoms with Gasteiger partial charge < -0.3 is 4.90 Å². The van der Waals surface area contributed by atoms with Crippen LogP contribution in [0.5, 0.6) is 0 Å². The van der Waals surface area contributed by atoms with Crippen LogP contribution in [0.15, 0.2) is 54.6 Å². The Labute approximate surface area is 171 Å². The molecule has 0 saturated carbocycles. The van der Waals surface area contributed by atoms with Gasteiger partial charge >= 0.3 is 0 Å². The number of benzene rings is 2. The minimum absolute atomic E-state index is 0.0514. The number of carbonyl (C=O) groups excluding carboxylic acids is 3. The highest BCUT2D eigenvalue weighted by Crippen LogP contribution is 2.24. The van der Waals surface area contributed by atoms with Gasteiger partial charge in [0.25, 0.3) is 0 Å². The van der Waals surface area contributed by atoms with Gasteiger partial charge in [0.05, 0.1) is 6.42 Å². The highest BCUT2D eigenvalue weighted by atomic mass is 16.2. The zero-order valence-corrected chi connectivity index (χ0v) is 16.5. The van der Waals surface area contributed by atoms with E-state index in [1.807, 2.05) is 35.2 Å². The van der Waals surface area contributed by atoms with Crippen molar-refractivity contribution in [3.63, 3.8) is 0 Å². The van der Waals surface area contributed by atoms with E-state index in [0.717, 1.165) is 16.7 Å². The van der Waals surface area contributed by atoms with Crippen LogP contribution in [0.3, 0.4) is 0 Å². The fourth-order valence-electron chi connectivity index (χ4n) is 4.28.